The fourth-order valence-corrected chi connectivity index (χ4v) is 3.73. The van der Waals surface area contributed by atoms with E-state index in [1.807, 2.05) is 36.4 Å². The molecule has 4 aromatic rings. The number of benzene rings is 2. The van der Waals surface area contributed by atoms with Crippen LogP contribution in [-0.2, 0) is 13.5 Å². The van der Waals surface area contributed by atoms with Crippen molar-refractivity contribution in [1.82, 2.24) is 20.1 Å². The first-order valence-electron chi connectivity index (χ1n) is 9.69. The molecular weight excluding hydrogens is 383 g/mol. The Kier molecular flexibility index (Phi) is 4.43. The van der Waals surface area contributed by atoms with Crippen LogP contribution in [-0.4, -0.2) is 33.3 Å². The summed E-state index contributed by atoms with van der Waals surface area (Å²) in [5.41, 5.74) is 3.63. The minimum Gasteiger partial charge on any atom is -0.485 e. The van der Waals surface area contributed by atoms with E-state index in [2.05, 4.69) is 15.4 Å². The van der Waals surface area contributed by atoms with Crippen LogP contribution in [0.2, 0.25) is 0 Å². The summed E-state index contributed by atoms with van der Waals surface area (Å²) in [6.45, 7) is 0.274. The second-order valence-corrected chi connectivity index (χ2v) is 7.39. The van der Waals surface area contributed by atoms with E-state index in [4.69, 9.17) is 4.74 Å². The number of fused-ring (bicyclic) bond motifs is 2. The Morgan fingerprint density at radius 2 is 2.10 bits per heavy atom. The van der Waals surface area contributed by atoms with Gasteiger partial charge in [0.15, 0.2) is 11.6 Å². The fraction of sp³-hybridized carbons (Fsp3) is 0.174. The monoisotopic (exact) mass is 402 g/mol. The molecule has 0 bridgehead atoms. The molecule has 0 saturated carbocycles. The van der Waals surface area contributed by atoms with Crippen molar-refractivity contribution in [3.8, 4) is 16.9 Å². The Morgan fingerprint density at radius 3 is 2.93 bits per heavy atom. The molecule has 0 fully saturated rings. The normalized spacial score (nSPS) is 15.1. The average Bonchev–Trinajstić information content (AvgIpc) is 3.38. The number of halogens is 1. The molecule has 0 radical (unpaired) electrons. The number of aromatic nitrogens is 3. The van der Waals surface area contributed by atoms with Crippen LogP contribution < -0.4 is 10.1 Å². The summed E-state index contributed by atoms with van der Waals surface area (Å²) in [5, 5.41) is 7.88. The highest BCUT2D eigenvalue weighted by Crippen LogP contribution is 2.36. The number of ether oxygens (including phenoxy) is 1. The molecule has 1 N–H and O–H groups in total. The lowest BCUT2D eigenvalue weighted by Gasteiger charge is -2.11. The van der Waals surface area contributed by atoms with Gasteiger partial charge in [-0.25, -0.2) is 4.39 Å². The van der Waals surface area contributed by atoms with Gasteiger partial charge in [-0.15, -0.1) is 0 Å². The predicted octanol–water partition coefficient (Wildman–Crippen LogP) is 3.51. The van der Waals surface area contributed by atoms with Gasteiger partial charge in [-0.05, 0) is 35.9 Å². The van der Waals surface area contributed by atoms with Crippen molar-refractivity contribution in [1.29, 1.82) is 0 Å². The number of hydrogen-bond acceptors (Lipinski definition) is 4. The lowest BCUT2D eigenvalue weighted by molar-refractivity contribution is 0.0927. The van der Waals surface area contributed by atoms with Crippen LogP contribution in [0.25, 0.3) is 22.0 Å². The third-order valence-electron chi connectivity index (χ3n) is 5.21. The highest BCUT2D eigenvalue weighted by Gasteiger charge is 2.27. The Morgan fingerprint density at radius 1 is 1.23 bits per heavy atom. The van der Waals surface area contributed by atoms with Gasteiger partial charge in [0, 0.05) is 42.4 Å². The lowest BCUT2D eigenvalue weighted by atomic mass is 10.0. The van der Waals surface area contributed by atoms with E-state index in [1.54, 1.807) is 30.2 Å². The zero-order chi connectivity index (χ0) is 20.7. The maximum atomic E-state index is 14.7. The molecule has 30 heavy (non-hydrogen) atoms. The first-order chi connectivity index (χ1) is 14.6. The van der Waals surface area contributed by atoms with Gasteiger partial charge in [0.05, 0.1) is 12.1 Å². The van der Waals surface area contributed by atoms with Gasteiger partial charge in [-0.2, -0.15) is 5.10 Å². The number of para-hydroxylation sites is 1. The number of nitrogens with one attached hydrogen (secondary N) is 1. The van der Waals surface area contributed by atoms with Crippen LogP contribution in [0.1, 0.15) is 16.1 Å². The molecule has 3 heterocycles. The van der Waals surface area contributed by atoms with Gasteiger partial charge in [0.2, 0.25) is 0 Å². The lowest BCUT2D eigenvalue weighted by Crippen LogP contribution is -2.34. The molecule has 1 aliphatic heterocycles. The average molecular weight is 402 g/mol. The van der Waals surface area contributed by atoms with E-state index in [0.717, 1.165) is 27.6 Å². The maximum Gasteiger partial charge on any atom is 0.271 e. The highest BCUT2D eigenvalue weighted by molar-refractivity contribution is 5.92. The first-order valence-corrected chi connectivity index (χ1v) is 9.69. The molecule has 1 atom stereocenters. The molecule has 0 unspecified atom stereocenters. The van der Waals surface area contributed by atoms with Gasteiger partial charge >= 0.3 is 0 Å². The summed E-state index contributed by atoms with van der Waals surface area (Å²) >= 11 is 0. The van der Waals surface area contributed by atoms with Gasteiger partial charge in [0.1, 0.15) is 11.8 Å². The number of pyridine rings is 1. The molecule has 6 nitrogen and oxygen atoms in total. The van der Waals surface area contributed by atoms with Crippen molar-refractivity contribution in [2.45, 2.75) is 12.5 Å². The van der Waals surface area contributed by atoms with Crippen LogP contribution in [0.3, 0.4) is 0 Å². The second kappa shape index (κ2) is 7.26. The number of rotatable bonds is 4. The molecule has 2 aromatic heterocycles. The fourth-order valence-electron chi connectivity index (χ4n) is 3.73. The van der Waals surface area contributed by atoms with E-state index >= 15 is 0 Å². The van der Waals surface area contributed by atoms with E-state index in [0.29, 0.717) is 12.1 Å². The molecular formula is C23H19FN4O2. The summed E-state index contributed by atoms with van der Waals surface area (Å²) < 4.78 is 22.1. The molecule has 7 heteroatoms. The largest absolute Gasteiger partial charge is 0.485 e. The molecule has 0 saturated heterocycles. The number of nitrogens with zero attached hydrogens (tertiary/aromatic N) is 3. The Hall–Kier alpha value is -3.74. The van der Waals surface area contributed by atoms with Crippen LogP contribution >= 0.6 is 0 Å². The summed E-state index contributed by atoms with van der Waals surface area (Å²) in [7, 11) is 1.75. The van der Waals surface area contributed by atoms with Gasteiger partial charge in [-0.1, -0.05) is 18.2 Å². The minimum atomic E-state index is -0.408. The smallest absolute Gasteiger partial charge is 0.271 e. The molecule has 1 amide bonds. The highest BCUT2D eigenvalue weighted by atomic mass is 19.1. The maximum absolute atomic E-state index is 14.7. The number of carbonyl (C=O) groups is 1. The van der Waals surface area contributed by atoms with E-state index in [-0.39, 0.29) is 24.3 Å². The summed E-state index contributed by atoms with van der Waals surface area (Å²) in [5.74, 6) is -0.433. The van der Waals surface area contributed by atoms with Gasteiger partial charge in [0.25, 0.3) is 5.91 Å². The SMILES string of the molecule is Cn1ccc(C(=O)NC[C@@H]2Cc3cc(-c4cnc5ccccc5c4)cc(F)c3O2)n1. The van der Waals surface area contributed by atoms with Crippen molar-refractivity contribution in [3.63, 3.8) is 0 Å². The van der Waals surface area contributed by atoms with E-state index in [9.17, 15) is 9.18 Å². The Bertz CT molecular complexity index is 1270. The molecule has 0 aliphatic carbocycles. The van der Waals surface area contributed by atoms with Crippen molar-refractivity contribution in [2.75, 3.05) is 6.54 Å². The summed E-state index contributed by atoms with van der Waals surface area (Å²) in [6.07, 6.45) is 3.65. The Balaban J connectivity index is 1.33. The van der Waals surface area contributed by atoms with E-state index < -0.39 is 5.82 Å². The third kappa shape index (κ3) is 3.39. The summed E-state index contributed by atoms with van der Waals surface area (Å²) in [6, 6.07) is 14.9. The Labute approximate surface area is 172 Å². The van der Waals surface area contributed by atoms with Crippen LogP contribution in [0.5, 0.6) is 5.75 Å². The van der Waals surface area contributed by atoms with Crippen molar-refractivity contribution < 1.29 is 13.9 Å². The molecule has 0 spiro atoms. The van der Waals surface area contributed by atoms with Gasteiger partial charge < -0.3 is 10.1 Å². The standard InChI is InChI=1S/C23H19FN4O2/c1-28-7-6-21(27-28)23(29)26-13-18-10-16-9-15(11-19(24)22(16)30-18)17-8-14-4-2-3-5-20(14)25-12-17/h2-9,11-12,18H,10,13H2,1H3,(H,26,29)/t18-/m0/s1. The molecule has 150 valence electrons. The third-order valence-corrected chi connectivity index (χ3v) is 5.21. The van der Waals surface area contributed by atoms with Crippen LogP contribution in [0, 0.1) is 5.82 Å². The van der Waals surface area contributed by atoms with Crippen molar-refractivity contribution in [3.05, 3.63) is 78.0 Å². The summed E-state index contributed by atoms with van der Waals surface area (Å²) in [4.78, 5) is 16.6. The molecule has 2 aromatic carbocycles. The molecule has 1 aliphatic rings. The second-order valence-electron chi connectivity index (χ2n) is 7.39. The van der Waals surface area contributed by atoms with E-state index in [1.165, 1.54) is 6.07 Å². The quantitative estimate of drug-likeness (QED) is 0.567. The van der Waals surface area contributed by atoms with Crippen LogP contribution in [0.15, 0.2) is 60.9 Å². The van der Waals surface area contributed by atoms with Crippen molar-refractivity contribution >= 4 is 16.8 Å². The molecule has 5 rings (SSSR count). The predicted molar refractivity (Wildman–Crippen MR) is 111 cm³/mol. The van der Waals surface area contributed by atoms with Crippen LogP contribution in [0.4, 0.5) is 4.39 Å². The number of amides is 1. The number of hydrogen-bond donors (Lipinski definition) is 1. The zero-order valence-electron chi connectivity index (χ0n) is 16.3. The topological polar surface area (TPSA) is 69.0 Å². The number of aryl methyl sites for hydroxylation is 1. The minimum absolute atomic E-state index is 0.254. The zero-order valence-corrected chi connectivity index (χ0v) is 16.3. The van der Waals surface area contributed by atoms with Crippen molar-refractivity contribution in [2.24, 2.45) is 7.05 Å². The number of carbonyl (C=O) groups excluding carboxylic acids is 1. The first kappa shape index (κ1) is 18.3. The van der Waals surface area contributed by atoms with Gasteiger partial charge in [-0.3, -0.25) is 14.5 Å².